The molecule has 0 aliphatic heterocycles. The van der Waals surface area contributed by atoms with Gasteiger partial charge in [-0.3, -0.25) is 14.4 Å². The number of carbonyl (C=O) groups excluding carboxylic acids is 3. The van der Waals surface area contributed by atoms with Crippen LogP contribution in [0.3, 0.4) is 0 Å². The standard InChI is InChI=1S/C23H30O5/c1-14(25)20-15(12-28-13-24)10-19-18-5-4-16-11-17(26)6-7-22(16,3)23(18,27)9-8-21(19,20)2/h11,13,18-19,27H,4-10,12H2,1-3H3/t18-,19-,21-,22-,23+/m0/s1. The predicted octanol–water partition coefficient (Wildman–Crippen LogP) is 3.30. The first kappa shape index (κ1) is 19.6. The molecule has 0 radical (unpaired) electrons. The van der Waals surface area contributed by atoms with E-state index >= 15 is 0 Å². The lowest BCUT2D eigenvalue weighted by Crippen LogP contribution is -2.63. The molecule has 0 aromatic carbocycles. The Morgan fingerprint density at radius 2 is 2.00 bits per heavy atom. The summed E-state index contributed by atoms with van der Waals surface area (Å²) in [5.74, 6) is 0.451. The van der Waals surface area contributed by atoms with E-state index in [2.05, 4.69) is 13.8 Å². The maximum Gasteiger partial charge on any atom is 0.293 e. The van der Waals surface area contributed by atoms with Crippen LogP contribution in [0.4, 0.5) is 0 Å². The SMILES string of the molecule is CC(=O)C1=C(COC=O)C[C@H]2[C@@H]3CCC4=CC(=O)CC[C@]4(C)[C@@]3(O)CC[C@]12C. The minimum Gasteiger partial charge on any atom is -0.463 e. The van der Waals surface area contributed by atoms with E-state index in [0.29, 0.717) is 32.2 Å². The van der Waals surface area contributed by atoms with Gasteiger partial charge in [-0.15, -0.1) is 0 Å². The van der Waals surface area contributed by atoms with E-state index < -0.39 is 5.60 Å². The number of Topliss-reactive ketones (excluding diaryl/α,β-unsaturated/α-hetero) is 1. The summed E-state index contributed by atoms with van der Waals surface area (Å²) < 4.78 is 5.03. The van der Waals surface area contributed by atoms with Crippen LogP contribution in [-0.2, 0) is 19.1 Å². The van der Waals surface area contributed by atoms with Crippen molar-refractivity contribution in [3.8, 4) is 0 Å². The average molecular weight is 386 g/mol. The molecule has 0 aromatic rings. The van der Waals surface area contributed by atoms with Crippen LogP contribution in [0.2, 0.25) is 0 Å². The predicted molar refractivity (Wildman–Crippen MR) is 103 cm³/mol. The van der Waals surface area contributed by atoms with Crippen LogP contribution in [0.15, 0.2) is 22.8 Å². The zero-order valence-electron chi connectivity index (χ0n) is 17.0. The van der Waals surface area contributed by atoms with Crippen molar-refractivity contribution in [2.24, 2.45) is 22.7 Å². The van der Waals surface area contributed by atoms with Crippen molar-refractivity contribution in [1.29, 1.82) is 0 Å². The summed E-state index contributed by atoms with van der Waals surface area (Å²) >= 11 is 0. The molecule has 0 amide bonds. The molecule has 2 saturated carbocycles. The molecule has 5 atom stereocenters. The highest BCUT2D eigenvalue weighted by Crippen LogP contribution is 2.68. The van der Waals surface area contributed by atoms with Crippen LogP contribution in [0, 0.1) is 22.7 Å². The Morgan fingerprint density at radius 1 is 1.25 bits per heavy atom. The molecule has 5 nitrogen and oxygen atoms in total. The van der Waals surface area contributed by atoms with Crippen molar-refractivity contribution in [3.05, 3.63) is 22.8 Å². The molecule has 4 rings (SSSR count). The lowest BCUT2D eigenvalue weighted by molar-refractivity contribution is -0.185. The first-order valence-corrected chi connectivity index (χ1v) is 10.4. The molecular weight excluding hydrogens is 356 g/mol. The molecule has 4 aliphatic carbocycles. The smallest absolute Gasteiger partial charge is 0.293 e. The van der Waals surface area contributed by atoms with Gasteiger partial charge >= 0.3 is 0 Å². The second kappa shape index (κ2) is 6.38. The fourth-order valence-electron chi connectivity index (χ4n) is 7.20. The van der Waals surface area contributed by atoms with Gasteiger partial charge < -0.3 is 9.84 Å². The van der Waals surface area contributed by atoms with Crippen molar-refractivity contribution in [3.63, 3.8) is 0 Å². The molecule has 1 N–H and O–H groups in total. The highest BCUT2D eigenvalue weighted by atomic mass is 16.5. The molecule has 28 heavy (non-hydrogen) atoms. The molecule has 0 unspecified atom stereocenters. The largest absolute Gasteiger partial charge is 0.463 e. The van der Waals surface area contributed by atoms with Crippen LogP contribution in [0.5, 0.6) is 0 Å². The van der Waals surface area contributed by atoms with Crippen molar-refractivity contribution in [2.75, 3.05) is 6.61 Å². The topological polar surface area (TPSA) is 80.7 Å². The number of hydrogen-bond donors (Lipinski definition) is 1. The van der Waals surface area contributed by atoms with Gasteiger partial charge in [-0.05, 0) is 74.3 Å². The third-order valence-electron chi connectivity index (χ3n) is 8.61. The molecule has 0 heterocycles. The van der Waals surface area contributed by atoms with Crippen molar-refractivity contribution < 1.29 is 24.2 Å². The summed E-state index contributed by atoms with van der Waals surface area (Å²) in [6.45, 7) is 6.47. The minimum absolute atomic E-state index is 0.0470. The Labute approximate surface area is 166 Å². The second-order valence-electron chi connectivity index (χ2n) is 9.71. The third-order valence-corrected chi connectivity index (χ3v) is 8.61. The first-order chi connectivity index (χ1) is 13.2. The summed E-state index contributed by atoms with van der Waals surface area (Å²) in [7, 11) is 0. The van der Waals surface area contributed by atoms with Gasteiger partial charge in [0.05, 0.1) is 5.60 Å². The molecule has 152 valence electrons. The molecule has 0 spiro atoms. The summed E-state index contributed by atoms with van der Waals surface area (Å²) in [5.41, 5.74) is 1.32. The van der Waals surface area contributed by atoms with E-state index in [1.165, 1.54) is 0 Å². The van der Waals surface area contributed by atoms with E-state index in [-0.39, 0.29) is 40.8 Å². The number of ether oxygens (including phenoxy) is 1. The Balaban J connectivity index is 1.74. The quantitative estimate of drug-likeness (QED) is 0.750. The van der Waals surface area contributed by atoms with Gasteiger partial charge in [0.1, 0.15) is 6.61 Å². The minimum atomic E-state index is -0.856. The Hall–Kier alpha value is -1.75. The molecular formula is C23H30O5. The Morgan fingerprint density at radius 3 is 2.68 bits per heavy atom. The molecule has 4 aliphatic rings. The number of rotatable bonds is 4. The molecule has 5 heteroatoms. The number of allylic oxidation sites excluding steroid dienone is 2. The maximum absolute atomic E-state index is 12.5. The zero-order valence-corrected chi connectivity index (χ0v) is 17.0. The van der Waals surface area contributed by atoms with Crippen LogP contribution in [0.25, 0.3) is 0 Å². The highest BCUT2D eigenvalue weighted by Gasteiger charge is 2.65. The summed E-state index contributed by atoms with van der Waals surface area (Å²) in [6.07, 6.45) is 6.69. The number of ketones is 2. The van der Waals surface area contributed by atoms with Crippen molar-refractivity contribution in [2.45, 2.75) is 71.3 Å². The average Bonchev–Trinajstić information content (AvgIpc) is 2.94. The maximum atomic E-state index is 12.5. The van der Waals surface area contributed by atoms with Gasteiger partial charge in [-0.2, -0.15) is 0 Å². The highest BCUT2D eigenvalue weighted by molar-refractivity contribution is 5.96. The molecule has 0 saturated heterocycles. The Bertz CT molecular complexity index is 808. The van der Waals surface area contributed by atoms with Crippen LogP contribution in [-0.4, -0.2) is 35.4 Å². The van der Waals surface area contributed by atoms with E-state index in [1.807, 2.05) is 0 Å². The van der Waals surface area contributed by atoms with Crippen LogP contribution in [0.1, 0.15) is 65.7 Å². The van der Waals surface area contributed by atoms with Crippen LogP contribution >= 0.6 is 0 Å². The lowest BCUT2D eigenvalue weighted by atomic mass is 9.44. The lowest BCUT2D eigenvalue weighted by Gasteiger charge is -2.62. The first-order valence-electron chi connectivity index (χ1n) is 10.4. The second-order valence-corrected chi connectivity index (χ2v) is 9.71. The van der Waals surface area contributed by atoms with Crippen molar-refractivity contribution in [1.82, 2.24) is 0 Å². The fraction of sp³-hybridized carbons (Fsp3) is 0.696. The van der Waals surface area contributed by atoms with Gasteiger partial charge in [-0.1, -0.05) is 19.4 Å². The van der Waals surface area contributed by atoms with Gasteiger partial charge in [0, 0.05) is 17.4 Å². The van der Waals surface area contributed by atoms with E-state index in [9.17, 15) is 19.5 Å². The van der Waals surface area contributed by atoms with Gasteiger partial charge in [-0.25, -0.2) is 0 Å². The van der Waals surface area contributed by atoms with Gasteiger partial charge in [0.2, 0.25) is 0 Å². The van der Waals surface area contributed by atoms with Crippen LogP contribution < -0.4 is 0 Å². The molecule has 0 aromatic heterocycles. The summed E-state index contributed by atoms with van der Waals surface area (Å²) in [6, 6.07) is 0. The fourth-order valence-corrected chi connectivity index (χ4v) is 7.20. The monoisotopic (exact) mass is 386 g/mol. The molecule has 0 bridgehead atoms. The summed E-state index contributed by atoms with van der Waals surface area (Å²) in [5, 5.41) is 12.0. The number of aliphatic hydroxyl groups is 1. The zero-order chi connectivity index (χ0) is 20.3. The number of fused-ring (bicyclic) bond motifs is 5. The van der Waals surface area contributed by atoms with E-state index in [4.69, 9.17) is 4.74 Å². The van der Waals surface area contributed by atoms with E-state index in [0.717, 1.165) is 36.0 Å². The van der Waals surface area contributed by atoms with Gasteiger partial charge in [0.15, 0.2) is 11.6 Å². The number of carbonyl (C=O) groups is 3. The summed E-state index contributed by atoms with van der Waals surface area (Å²) in [4.78, 5) is 35.2. The Kier molecular flexibility index (Phi) is 4.46. The van der Waals surface area contributed by atoms with Crippen molar-refractivity contribution >= 4 is 18.0 Å². The normalized spacial score (nSPS) is 42.3. The molecule has 2 fully saturated rings. The third kappa shape index (κ3) is 2.44. The van der Waals surface area contributed by atoms with E-state index in [1.54, 1.807) is 13.0 Å². The van der Waals surface area contributed by atoms with Gasteiger partial charge in [0.25, 0.3) is 6.47 Å². The number of hydrogen-bond acceptors (Lipinski definition) is 5.